The number of hydrogen-bond donors (Lipinski definition) is 1. The SMILES string of the molecule is CCN(Cc1ccccn1)c1ncc(CO)s1. The highest BCUT2D eigenvalue weighted by Crippen LogP contribution is 2.23. The number of pyridine rings is 1. The second kappa shape index (κ2) is 5.75. The molecule has 2 aromatic heterocycles. The monoisotopic (exact) mass is 249 g/mol. The quantitative estimate of drug-likeness (QED) is 0.881. The first-order chi connectivity index (χ1) is 8.33. The molecule has 0 atom stereocenters. The molecule has 2 heterocycles. The topological polar surface area (TPSA) is 49.2 Å². The third-order valence-electron chi connectivity index (χ3n) is 2.43. The van der Waals surface area contributed by atoms with Crippen LogP contribution in [-0.4, -0.2) is 21.6 Å². The smallest absolute Gasteiger partial charge is 0.185 e. The molecule has 0 bridgehead atoms. The Labute approximate surface area is 105 Å². The number of aromatic nitrogens is 2. The minimum Gasteiger partial charge on any atom is -0.391 e. The highest BCUT2D eigenvalue weighted by molar-refractivity contribution is 7.15. The summed E-state index contributed by atoms with van der Waals surface area (Å²) in [7, 11) is 0. The minimum atomic E-state index is 0.0544. The Hall–Kier alpha value is -1.46. The maximum Gasteiger partial charge on any atom is 0.185 e. The van der Waals surface area contributed by atoms with Gasteiger partial charge in [0.25, 0.3) is 0 Å². The molecular formula is C12H15N3OS. The molecule has 0 fully saturated rings. The average molecular weight is 249 g/mol. The fourth-order valence-corrected chi connectivity index (χ4v) is 2.35. The number of anilines is 1. The maximum atomic E-state index is 9.03. The first-order valence-corrected chi connectivity index (χ1v) is 6.35. The van der Waals surface area contributed by atoms with Crippen LogP contribution in [0.3, 0.4) is 0 Å². The molecule has 1 N–H and O–H groups in total. The first kappa shape index (κ1) is 12.0. The van der Waals surface area contributed by atoms with Gasteiger partial charge in [-0.3, -0.25) is 4.98 Å². The molecule has 0 unspecified atom stereocenters. The maximum absolute atomic E-state index is 9.03. The number of thiazole rings is 1. The Balaban J connectivity index is 2.11. The van der Waals surface area contributed by atoms with E-state index in [1.165, 1.54) is 11.3 Å². The molecular weight excluding hydrogens is 234 g/mol. The summed E-state index contributed by atoms with van der Waals surface area (Å²) in [5.74, 6) is 0. The molecule has 17 heavy (non-hydrogen) atoms. The fraction of sp³-hybridized carbons (Fsp3) is 0.333. The van der Waals surface area contributed by atoms with Gasteiger partial charge in [-0.1, -0.05) is 17.4 Å². The summed E-state index contributed by atoms with van der Waals surface area (Å²) >= 11 is 1.52. The molecule has 0 saturated carbocycles. The van der Waals surface area contributed by atoms with Gasteiger partial charge < -0.3 is 10.0 Å². The van der Waals surface area contributed by atoms with Crippen molar-refractivity contribution in [1.29, 1.82) is 0 Å². The molecule has 2 aromatic rings. The van der Waals surface area contributed by atoms with Crippen molar-refractivity contribution in [3.8, 4) is 0 Å². The van der Waals surface area contributed by atoms with Crippen LogP contribution < -0.4 is 4.90 Å². The van der Waals surface area contributed by atoms with Crippen molar-refractivity contribution < 1.29 is 5.11 Å². The molecule has 2 rings (SSSR count). The zero-order valence-corrected chi connectivity index (χ0v) is 10.5. The summed E-state index contributed by atoms with van der Waals surface area (Å²) in [6, 6.07) is 5.90. The zero-order valence-electron chi connectivity index (χ0n) is 9.71. The van der Waals surface area contributed by atoms with Gasteiger partial charge in [-0.2, -0.15) is 0 Å². The average Bonchev–Trinajstić information content (AvgIpc) is 2.86. The van der Waals surface area contributed by atoms with Crippen molar-refractivity contribution >= 4 is 16.5 Å². The third kappa shape index (κ3) is 3.01. The summed E-state index contributed by atoms with van der Waals surface area (Å²) in [6.45, 7) is 3.76. The Bertz CT molecular complexity index is 458. The van der Waals surface area contributed by atoms with Gasteiger partial charge in [-0.25, -0.2) is 4.98 Å². The second-order valence-corrected chi connectivity index (χ2v) is 4.70. The number of rotatable bonds is 5. The summed E-state index contributed by atoms with van der Waals surface area (Å²) in [5, 5.41) is 9.97. The summed E-state index contributed by atoms with van der Waals surface area (Å²) in [6.07, 6.45) is 3.52. The van der Waals surface area contributed by atoms with Crippen LogP contribution >= 0.6 is 11.3 Å². The zero-order chi connectivity index (χ0) is 12.1. The largest absolute Gasteiger partial charge is 0.391 e. The lowest BCUT2D eigenvalue weighted by Crippen LogP contribution is -2.22. The van der Waals surface area contributed by atoms with E-state index in [9.17, 15) is 0 Å². The van der Waals surface area contributed by atoms with E-state index < -0.39 is 0 Å². The van der Waals surface area contributed by atoms with E-state index in [2.05, 4.69) is 21.8 Å². The minimum absolute atomic E-state index is 0.0544. The molecule has 0 aromatic carbocycles. The molecule has 0 spiro atoms. The number of aliphatic hydroxyl groups excluding tert-OH is 1. The van der Waals surface area contributed by atoms with E-state index in [-0.39, 0.29) is 6.61 Å². The van der Waals surface area contributed by atoms with Gasteiger partial charge in [-0.05, 0) is 19.1 Å². The Morgan fingerprint density at radius 2 is 2.24 bits per heavy atom. The van der Waals surface area contributed by atoms with Gasteiger partial charge in [0.15, 0.2) is 5.13 Å². The molecule has 0 aliphatic rings. The summed E-state index contributed by atoms with van der Waals surface area (Å²) in [5.41, 5.74) is 1.02. The van der Waals surface area contributed by atoms with Crippen LogP contribution in [0.1, 0.15) is 17.5 Å². The van der Waals surface area contributed by atoms with Crippen molar-refractivity contribution in [2.24, 2.45) is 0 Å². The van der Waals surface area contributed by atoms with Gasteiger partial charge >= 0.3 is 0 Å². The lowest BCUT2D eigenvalue weighted by Gasteiger charge is -2.18. The first-order valence-electron chi connectivity index (χ1n) is 5.54. The molecule has 5 heteroatoms. The Morgan fingerprint density at radius 3 is 2.82 bits per heavy atom. The predicted octanol–water partition coefficient (Wildman–Crippen LogP) is 2.06. The van der Waals surface area contributed by atoms with Crippen LogP contribution in [0.2, 0.25) is 0 Å². The predicted molar refractivity (Wildman–Crippen MR) is 69.0 cm³/mol. The highest BCUT2D eigenvalue weighted by atomic mass is 32.1. The Morgan fingerprint density at radius 1 is 1.35 bits per heavy atom. The van der Waals surface area contributed by atoms with Crippen LogP contribution in [0.5, 0.6) is 0 Å². The van der Waals surface area contributed by atoms with Gasteiger partial charge in [-0.15, -0.1) is 0 Å². The van der Waals surface area contributed by atoms with E-state index in [0.29, 0.717) is 0 Å². The molecule has 4 nitrogen and oxygen atoms in total. The fourth-order valence-electron chi connectivity index (χ4n) is 1.52. The lowest BCUT2D eigenvalue weighted by atomic mass is 10.3. The molecule has 0 aliphatic carbocycles. The Kier molecular flexibility index (Phi) is 4.06. The third-order valence-corrected chi connectivity index (χ3v) is 3.47. The number of hydrogen-bond acceptors (Lipinski definition) is 5. The van der Waals surface area contributed by atoms with E-state index in [1.807, 2.05) is 18.2 Å². The van der Waals surface area contributed by atoms with E-state index in [0.717, 1.165) is 28.8 Å². The van der Waals surface area contributed by atoms with Crippen LogP contribution in [0, 0.1) is 0 Å². The van der Waals surface area contributed by atoms with Crippen LogP contribution in [0.4, 0.5) is 5.13 Å². The van der Waals surface area contributed by atoms with E-state index in [1.54, 1.807) is 12.4 Å². The second-order valence-electron chi connectivity index (χ2n) is 3.60. The molecule has 0 saturated heterocycles. The number of aliphatic hydroxyl groups is 1. The number of nitrogens with zero attached hydrogens (tertiary/aromatic N) is 3. The summed E-state index contributed by atoms with van der Waals surface area (Å²) < 4.78 is 0. The lowest BCUT2D eigenvalue weighted by molar-refractivity contribution is 0.285. The van der Waals surface area contributed by atoms with Crippen LogP contribution in [-0.2, 0) is 13.2 Å². The van der Waals surface area contributed by atoms with Crippen molar-refractivity contribution in [2.45, 2.75) is 20.1 Å². The van der Waals surface area contributed by atoms with Crippen molar-refractivity contribution in [3.63, 3.8) is 0 Å². The van der Waals surface area contributed by atoms with Gasteiger partial charge in [0.2, 0.25) is 0 Å². The van der Waals surface area contributed by atoms with Crippen molar-refractivity contribution in [3.05, 3.63) is 41.2 Å². The van der Waals surface area contributed by atoms with Crippen LogP contribution in [0.25, 0.3) is 0 Å². The molecule has 0 aliphatic heterocycles. The standard InChI is InChI=1S/C12H15N3OS/c1-2-15(8-10-5-3-4-6-13-10)12-14-7-11(9-16)17-12/h3-7,16H,2,8-9H2,1H3. The summed E-state index contributed by atoms with van der Waals surface area (Å²) in [4.78, 5) is 11.6. The van der Waals surface area contributed by atoms with E-state index >= 15 is 0 Å². The molecule has 0 radical (unpaired) electrons. The van der Waals surface area contributed by atoms with Gasteiger partial charge in [0.05, 0.1) is 23.7 Å². The molecule has 0 amide bonds. The molecule has 90 valence electrons. The van der Waals surface area contributed by atoms with Gasteiger partial charge in [0.1, 0.15) is 0 Å². The normalized spacial score (nSPS) is 10.5. The highest BCUT2D eigenvalue weighted by Gasteiger charge is 2.10. The van der Waals surface area contributed by atoms with E-state index in [4.69, 9.17) is 5.11 Å². The van der Waals surface area contributed by atoms with Crippen molar-refractivity contribution in [1.82, 2.24) is 9.97 Å². The van der Waals surface area contributed by atoms with Gasteiger partial charge in [0, 0.05) is 18.9 Å². The van der Waals surface area contributed by atoms with Crippen molar-refractivity contribution in [2.75, 3.05) is 11.4 Å². The van der Waals surface area contributed by atoms with Crippen LogP contribution in [0.15, 0.2) is 30.6 Å².